The van der Waals surface area contributed by atoms with Crippen molar-refractivity contribution in [1.29, 1.82) is 0 Å². The second-order valence-corrected chi connectivity index (χ2v) is 7.36. The summed E-state index contributed by atoms with van der Waals surface area (Å²) in [7, 11) is 0. The number of ether oxygens (including phenoxy) is 1. The van der Waals surface area contributed by atoms with Crippen molar-refractivity contribution in [2.45, 2.75) is 33.1 Å². The van der Waals surface area contributed by atoms with E-state index in [2.05, 4.69) is 15.0 Å². The second-order valence-electron chi connectivity index (χ2n) is 7.36. The lowest BCUT2D eigenvalue weighted by molar-refractivity contribution is 0.137. The van der Waals surface area contributed by atoms with E-state index in [1.807, 2.05) is 20.8 Å². The van der Waals surface area contributed by atoms with E-state index in [0.29, 0.717) is 22.2 Å². The van der Waals surface area contributed by atoms with Crippen LogP contribution in [0.1, 0.15) is 30.7 Å². The quantitative estimate of drug-likeness (QED) is 0.718. The van der Waals surface area contributed by atoms with Gasteiger partial charge >= 0.3 is 11.7 Å². The molecule has 1 heterocycles. The first-order valence-corrected chi connectivity index (χ1v) is 8.78. The molecule has 0 bridgehead atoms. The molecular formula is C21H21FN2O4. The summed E-state index contributed by atoms with van der Waals surface area (Å²) in [5.41, 5.74) is 1.60. The lowest BCUT2D eigenvalue weighted by atomic mass is 9.83. The summed E-state index contributed by atoms with van der Waals surface area (Å²) in [6.07, 6.45) is -0.643. The summed E-state index contributed by atoms with van der Waals surface area (Å²) in [5.74, 6) is -0.331. The number of aromatic nitrogens is 1. The number of fused-ring (bicyclic) bond motifs is 1. The molecule has 0 saturated carbocycles. The number of hydrogen-bond donors (Lipinski definition) is 1. The fourth-order valence-electron chi connectivity index (χ4n) is 3.11. The Kier molecular flexibility index (Phi) is 5.18. The van der Waals surface area contributed by atoms with Gasteiger partial charge in [0.05, 0.1) is 11.1 Å². The van der Waals surface area contributed by atoms with Gasteiger partial charge in [-0.15, -0.1) is 0 Å². The number of rotatable bonds is 4. The Balaban J connectivity index is 1.72. The number of halogens is 1. The third kappa shape index (κ3) is 4.03. The summed E-state index contributed by atoms with van der Waals surface area (Å²) in [6.45, 7) is 7.43. The van der Waals surface area contributed by atoms with Crippen LogP contribution in [0.3, 0.4) is 0 Å². The van der Waals surface area contributed by atoms with Crippen LogP contribution in [0.5, 0.6) is 0 Å². The Morgan fingerprint density at radius 2 is 1.93 bits per heavy atom. The molecule has 3 rings (SSSR count). The van der Waals surface area contributed by atoms with Crippen LogP contribution in [-0.2, 0) is 10.2 Å². The van der Waals surface area contributed by atoms with Crippen LogP contribution in [-0.4, -0.2) is 17.9 Å². The number of aryl methyl sites for hydroxylation is 2. The maximum absolute atomic E-state index is 13.6. The molecule has 0 fully saturated rings. The van der Waals surface area contributed by atoms with E-state index in [-0.39, 0.29) is 12.4 Å². The van der Waals surface area contributed by atoms with Gasteiger partial charge in [-0.2, -0.15) is 0 Å². The molecule has 0 aliphatic rings. The maximum atomic E-state index is 13.6. The molecule has 3 aromatic rings. The van der Waals surface area contributed by atoms with Crippen molar-refractivity contribution in [2.75, 3.05) is 11.9 Å². The van der Waals surface area contributed by atoms with Gasteiger partial charge in [-0.3, -0.25) is 5.32 Å². The smallest absolute Gasteiger partial charge is 0.411 e. The molecule has 1 amide bonds. The van der Waals surface area contributed by atoms with Crippen molar-refractivity contribution in [1.82, 2.24) is 5.16 Å². The zero-order valence-corrected chi connectivity index (χ0v) is 16.1. The molecule has 0 aliphatic carbocycles. The fourth-order valence-corrected chi connectivity index (χ4v) is 3.11. The zero-order valence-electron chi connectivity index (χ0n) is 16.1. The van der Waals surface area contributed by atoms with Crippen LogP contribution in [0.4, 0.5) is 14.9 Å². The van der Waals surface area contributed by atoms with Crippen molar-refractivity contribution in [2.24, 2.45) is 0 Å². The Bertz CT molecular complexity index is 1110. The molecular weight excluding hydrogens is 363 g/mol. The first-order valence-electron chi connectivity index (χ1n) is 8.78. The van der Waals surface area contributed by atoms with Gasteiger partial charge in [0, 0.05) is 16.5 Å². The number of anilines is 1. The third-order valence-corrected chi connectivity index (χ3v) is 4.63. The summed E-state index contributed by atoms with van der Waals surface area (Å²) in [6, 6.07) is 9.35. The zero-order chi connectivity index (χ0) is 20.5. The number of nitrogens with zero attached hydrogens (tertiary/aromatic N) is 1. The number of carbonyl (C=O) groups is 1. The summed E-state index contributed by atoms with van der Waals surface area (Å²) >= 11 is 0. The average molecular weight is 384 g/mol. The van der Waals surface area contributed by atoms with Crippen molar-refractivity contribution in [3.8, 4) is 0 Å². The van der Waals surface area contributed by atoms with Gasteiger partial charge in [0.1, 0.15) is 12.4 Å². The highest BCUT2D eigenvalue weighted by molar-refractivity contribution is 5.91. The maximum Gasteiger partial charge on any atom is 0.411 e. The summed E-state index contributed by atoms with van der Waals surface area (Å²) < 4.78 is 23.6. The molecule has 1 N–H and O–H groups in total. The molecule has 0 spiro atoms. The normalized spacial score (nSPS) is 11.5. The molecule has 28 heavy (non-hydrogen) atoms. The van der Waals surface area contributed by atoms with Crippen molar-refractivity contribution in [3.63, 3.8) is 0 Å². The van der Waals surface area contributed by atoms with Gasteiger partial charge in [0.15, 0.2) is 0 Å². The molecule has 0 unspecified atom stereocenters. The van der Waals surface area contributed by atoms with Gasteiger partial charge < -0.3 is 9.26 Å². The Morgan fingerprint density at radius 3 is 2.68 bits per heavy atom. The standard InChI is InChI=1S/C21H21FN2O4/c1-12-5-6-14(22)9-18(12)21(3,4)11-27-20(26)23-15-7-8-16-17(10-15)13(2)24-28-19(16)25/h5-10H,11H2,1-4H3,(H,23,26). The molecule has 0 aliphatic heterocycles. The van der Waals surface area contributed by atoms with E-state index in [4.69, 9.17) is 4.74 Å². The molecule has 1 aromatic heterocycles. The predicted octanol–water partition coefficient (Wildman–Crippen LogP) is 4.47. The number of hydrogen-bond acceptors (Lipinski definition) is 5. The largest absolute Gasteiger partial charge is 0.448 e. The minimum Gasteiger partial charge on any atom is -0.448 e. The van der Waals surface area contributed by atoms with Crippen molar-refractivity contribution in [3.05, 3.63) is 69.5 Å². The van der Waals surface area contributed by atoms with Crippen LogP contribution < -0.4 is 10.9 Å². The number of nitrogens with one attached hydrogen (secondary N) is 1. The highest BCUT2D eigenvalue weighted by Gasteiger charge is 2.25. The highest BCUT2D eigenvalue weighted by atomic mass is 19.1. The van der Waals surface area contributed by atoms with Gasteiger partial charge in [0.2, 0.25) is 0 Å². The average Bonchev–Trinajstić information content (AvgIpc) is 2.65. The molecule has 0 atom stereocenters. The van der Waals surface area contributed by atoms with E-state index in [1.165, 1.54) is 12.1 Å². The molecule has 146 valence electrons. The lowest BCUT2D eigenvalue weighted by Crippen LogP contribution is -2.29. The van der Waals surface area contributed by atoms with Crippen LogP contribution in [0, 0.1) is 19.7 Å². The number of carbonyl (C=O) groups excluding carboxylic acids is 1. The second kappa shape index (κ2) is 7.42. The fraction of sp³-hybridized carbons (Fsp3) is 0.286. The van der Waals surface area contributed by atoms with Gasteiger partial charge in [-0.1, -0.05) is 25.1 Å². The Hall–Kier alpha value is -3.22. The Morgan fingerprint density at radius 1 is 1.18 bits per heavy atom. The molecule has 2 aromatic carbocycles. The number of benzene rings is 2. The van der Waals surface area contributed by atoms with E-state index in [1.54, 1.807) is 31.2 Å². The van der Waals surface area contributed by atoms with Crippen LogP contribution in [0.15, 0.2) is 45.7 Å². The van der Waals surface area contributed by atoms with Gasteiger partial charge in [-0.05, 0) is 55.3 Å². The van der Waals surface area contributed by atoms with Crippen molar-refractivity contribution < 1.29 is 18.4 Å². The summed E-state index contributed by atoms with van der Waals surface area (Å²) in [5, 5.41) is 7.29. The third-order valence-electron chi connectivity index (χ3n) is 4.63. The highest BCUT2D eigenvalue weighted by Crippen LogP contribution is 2.27. The topological polar surface area (TPSA) is 81.4 Å². The van der Waals surface area contributed by atoms with E-state index < -0.39 is 17.1 Å². The van der Waals surface area contributed by atoms with Gasteiger partial charge in [-0.25, -0.2) is 14.0 Å². The van der Waals surface area contributed by atoms with Gasteiger partial charge in [0.25, 0.3) is 0 Å². The minimum atomic E-state index is -0.643. The SMILES string of the molecule is Cc1ccc(F)cc1C(C)(C)COC(=O)Nc1ccc2c(=O)onc(C)c2c1. The van der Waals surface area contributed by atoms with E-state index in [9.17, 15) is 14.0 Å². The molecule has 6 nitrogen and oxygen atoms in total. The van der Waals surface area contributed by atoms with E-state index in [0.717, 1.165) is 11.1 Å². The van der Waals surface area contributed by atoms with Crippen LogP contribution >= 0.6 is 0 Å². The minimum absolute atomic E-state index is 0.0703. The first kappa shape index (κ1) is 19.5. The molecule has 0 saturated heterocycles. The van der Waals surface area contributed by atoms with Crippen molar-refractivity contribution >= 4 is 22.6 Å². The predicted molar refractivity (Wildman–Crippen MR) is 104 cm³/mol. The molecule has 0 radical (unpaired) electrons. The van der Waals surface area contributed by atoms with E-state index >= 15 is 0 Å². The summed E-state index contributed by atoms with van der Waals surface area (Å²) in [4.78, 5) is 23.9. The van der Waals surface area contributed by atoms with Crippen LogP contribution in [0.2, 0.25) is 0 Å². The monoisotopic (exact) mass is 384 g/mol. The molecule has 7 heteroatoms. The lowest BCUT2D eigenvalue weighted by Gasteiger charge is -2.26. The first-order chi connectivity index (χ1) is 13.2. The van der Waals surface area contributed by atoms with Crippen LogP contribution in [0.25, 0.3) is 10.8 Å². The number of amides is 1. The Labute approximate surface area is 161 Å².